The molecule has 1 aromatic carbocycles. The lowest BCUT2D eigenvalue weighted by molar-refractivity contribution is 0.101. The molecule has 1 atom stereocenters. The van der Waals surface area contributed by atoms with Gasteiger partial charge in [-0.25, -0.2) is 4.39 Å². The molecule has 1 aromatic rings. The van der Waals surface area contributed by atoms with Crippen molar-refractivity contribution in [1.82, 2.24) is 0 Å². The third-order valence-corrected chi connectivity index (χ3v) is 3.15. The van der Waals surface area contributed by atoms with Crippen LogP contribution in [0.2, 0.25) is 0 Å². The van der Waals surface area contributed by atoms with E-state index < -0.39 is 24.0 Å². The fraction of sp³-hybridized carbons (Fsp3) is 0.400. The van der Waals surface area contributed by atoms with Crippen molar-refractivity contribution in [2.75, 3.05) is 0 Å². The van der Waals surface area contributed by atoms with E-state index in [9.17, 15) is 14.3 Å². The summed E-state index contributed by atoms with van der Waals surface area (Å²) in [5.41, 5.74) is -1.08. The number of benzene rings is 1. The first-order valence-corrected chi connectivity index (χ1v) is 5.46. The van der Waals surface area contributed by atoms with E-state index in [0.717, 1.165) is 6.07 Å². The predicted molar refractivity (Wildman–Crippen MR) is 62.5 cm³/mol. The highest BCUT2D eigenvalue weighted by Gasteiger charge is 2.41. The van der Waals surface area contributed by atoms with Crippen molar-refractivity contribution in [3.05, 3.63) is 34.0 Å². The Labute approximate surface area is 103 Å². The zero-order chi connectivity index (χ0) is 12.8. The van der Waals surface area contributed by atoms with Gasteiger partial charge in [-0.15, -0.1) is 4.91 Å². The minimum absolute atomic E-state index is 0.00816. The molecule has 0 spiro atoms. The molecule has 0 fully saturated rings. The Morgan fingerprint density at radius 2 is 2.24 bits per heavy atom. The maximum atomic E-state index is 13.7. The molecule has 0 aromatic heterocycles. The minimum Gasteiger partial charge on any atom is -0.423 e. The van der Waals surface area contributed by atoms with E-state index in [1.807, 2.05) is 0 Å². The van der Waals surface area contributed by atoms with Gasteiger partial charge in [-0.05, 0) is 42.2 Å². The van der Waals surface area contributed by atoms with E-state index in [4.69, 9.17) is 16.3 Å². The van der Waals surface area contributed by atoms with Crippen LogP contribution in [0.3, 0.4) is 0 Å². The lowest BCUT2D eigenvalue weighted by Crippen LogP contribution is -2.29. The lowest BCUT2D eigenvalue weighted by atomic mass is 9.77. The van der Waals surface area contributed by atoms with Crippen molar-refractivity contribution in [3.8, 4) is 0 Å². The number of nitrogens with zero attached hydrogens (tertiary/aromatic N) is 1. The lowest BCUT2D eigenvalue weighted by Gasteiger charge is -2.20. The minimum atomic E-state index is -1.28. The average molecular weight is 257 g/mol. The molecule has 0 aliphatic carbocycles. The van der Waals surface area contributed by atoms with E-state index in [1.54, 1.807) is 13.8 Å². The van der Waals surface area contributed by atoms with Crippen molar-refractivity contribution in [1.29, 1.82) is 0 Å². The van der Waals surface area contributed by atoms with E-state index in [0.29, 0.717) is 11.0 Å². The maximum Gasteiger partial charge on any atom is 0.492 e. The summed E-state index contributed by atoms with van der Waals surface area (Å²) in [7, 11) is -1.17. The van der Waals surface area contributed by atoms with Crippen molar-refractivity contribution >= 4 is 24.2 Å². The van der Waals surface area contributed by atoms with E-state index in [2.05, 4.69) is 5.18 Å². The van der Waals surface area contributed by atoms with Crippen LogP contribution in [0, 0.1) is 10.7 Å². The van der Waals surface area contributed by atoms with E-state index in [1.165, 1.54) is 6.07 Å². The summed E-state index contributed by atoms with van der Waals surface area (Å²) < 4.78 is 18.9. The fourth-order valence-corrected chi connectivity index (χ4v) is 2.14. The molecule has 0 bridgehead atoms. The van der Waals surface area contributed by atoms with Crippen LogP contribution in [0.1, 0.15) is 30.5 Å². The third kappa shape index (κ3) is 1.96. The second-order valence-corrected chi connectivity index (χ2v) is 4.80. The monoisotopic (exact) mass is 257 g/mol. The zero-order valence-corrected chi connectivity index (χ0v) is 10.0. The van der Waals surface area contributed by atoms with Crippen LogP contribution in [-0.4, -0.2) is 12.1 Å². The number of hydrogen-bond acceptors (Lipinski definition) is 4. The van der Waals surface area contributed by atoms with Gasteiger partial charge >= 0.3 is 7.12 Å². The van der Waals surface area contributed by atoms with Crippen LogP contribution in [0.5, 0.6) is 0 Å². The molecular formula is C10H10BClFNO3. The molecule has 17 heavy (non-hydrogen) atoms. The maximum absolute atomic E-state index is 13.7. The normalized spacial score (nSPS) is 19.0. The van der Waals surface area contributed by atoms with Crippen LogP contribution in [0.4, 0.5) is 4.39 Å². The van der Waals surface area contributed by atoms with E-state index in [-0.39, 0.29) is 5.56 Å². The molecule has 7 heteroatoms. The molecule has 1 aliphatic rings. The van der Waals surface area contributed by atoms with Crippen LogP contribution in [0.25, 0.3) is 0 Å². The number of rotatable bonds is 2. The molecule has 0 saturated heterocycles. The Balaban J connectivity index is 2.60. The topological polar surface area (TPSA) is 58.9 Å². The molecule has 1 N–H and O–H groups in total. The van der Waals surface area contributed by atoms with Gasteiger partial charge in [0.05, 0.1) is 5.60 Å². The van der Waals surface area contributed by atoms with Gasteiger partial charge in [0.25, 0.3) is 0 Å². The molecule has 0 amide bonds. The Morgan fingerprint density at radius 3 is 2.82 bits per heavy atom. The summed E-state index contributed by atoms with van der Waals surface area (Å²) >= 11 is 5.60. The smallest absolute Gasteiger partial charge is 0.423 e. The summed E-state index contributed by atoms with van der Waals surface area (Å²) in [6, 6.07) is 2.55. The summed E-state index contributed by atoms with van der Waals surface area (Å²) in [6.07, 6.45) is 0. The SMILES string of the molecule is CC1(C)OB(O)c2cc(F)c(C(Cl)N=O)cc21. The van der Waals surface area contributed by atoms with Gasteiger partial charge in [0, 0.05) is 5.56 Å². The number of nitroso groups, excluding NO2 is 1. The molecule has 2 rings (SSSR count). The van der Waals surface area contributed by atoms with Crippen molar-refractivity contribution in [3.63, 3.8) is 0 Å². The fourth-order valence-electron chi connectivity index (χ4n) is 1.98. The van der Waals surface area contributed by atoms with Crippen LogP contribution in [0.15, 0.2) is 17.3 Å². The molecule has 1 unspecified atom stereocenters. The second-order valence-electron chi connectivity index (χ2n) is 4.38. The van der Waals surface area contributed by atoms with Crippen LogP contribution < -0.4 is 5.46 Å². The number of fused-ring (bicyclic) bond motifs is 1. The summed E-state index contributed by atoms with van der Waals surface area (Å²) in [5, 5.41) is 12.2. The molecule has 1 aliphatic heterocycles. The molecule has 0 saturated carbocycles. The van der Waals surface area contributed by atoms with Gasteiger partial charge in [0.15, 0.2) is 5.50 Å². The Hall–Kier alpha value is -0.975. The third-order valence-electron chi connectivity index (χ3n) is 2.84. The van der Waals surface area contributed by atoms with Crippen molar-refractivity contribution < 1.29 is 14.1 Å². The Morgan fingerprint density at radius 1 is 1.59 bits per heavy atom. The van der Waals surface area contributed by atoms with Crippen LogP contribution in [-0.2, 0) is 10.3 Å². The van der Waals surface area contributed by atoms with Gasteiger partial charge < -0.3 is 9.68 Å². The second kappa shape index (κ2) is 4.05. The standard InChI is InChI=1S/C10H10BClFNO3/c1-10(2)6-3-5(9(12)14-16)8(13)4-7(6)11(15)17-10/h3-4,9,15H,1-2H3. The first-order chi connectivity index (χ1) is 7.86. The highest BCUT2D eigenvalue weighted by Crippen LogP contribution is 2.34. The molecule has 1 heterocycles. The highest BCUT2D eigenvalue weighted by atomic mass is 35.5. The average Bonchev–Trinajstić information content (AvgIpc) is 2.47. The Bertz CT molecular complexity index is 483. The Kier molecular flexibility index (Phi) is 2.97. The summed E-state index contributed by atoms with van der Waals surface area (Å²) in [4.78, 5) is 10.4. The van der Waals surface area contributed by atoms with Crippen molar-refractivity contribution in [2.24, 2.45) is 5.18 Å². The summed E-state index contributed by atoms with van der Waals surface area (Å²) in [6.45, 7) is 3.47. The zero-order valence-electron chi connectivity index (χ0n) is 9.28. The highest BCUT2D eigenvalue weighted by molar-refractivity contribution is 6.62. The quantitative estimate of drug-likeness (QED) is 0.380. The van der Waals surface area contributed by atoms with Crippen molar-refractivity contribution in [2.45, 2.75) is 24.9 Å². The largest absolute Gasteiger partial charge is 0.492 e. The first kappa shape index (κ1) is 12.5. The van der Waals surface area contributed by atoms with Gasteiger partial charge in [0.2, 0.25) is 0 Å². The number of alkyl halides is 1. The molecule has 90 valence electrons. The van der Waals surface area contributed by atoms with Gasteiger partial charge in [-0.3, -0.25) is 0 Å². The van der Waals surface area contributed by atoms with Gasteiger partial charge in [-0.2, -0.15) is 0 Å². The van der Waals surface area contributed by atoms with Crippen LogP contribution >= 0.6 is 11.6 Å². The summed E-state index contributed by atoms with van der Waals surface area (Å²) in [5.74, 6) is -0.677. The molecule has 4 nitrogen and oxygen atoms in total. The predicted octanol–water partition coefficient (Wildman–Crippen LogP) is 1.78. The number of halogens is 2. The number of hydrogen-bond donors (Lipinski definition) is 1. The van der Waals surface area contributed by atoms with Gasteiger partial charge in [-0.1, -0.05) is 11.6 Å². The molecular weight excluding hydrogens is 247 g/mol. The first-order valence-electron chi connectivity index (χ1n) is 5.03. The molecule has 0 radical (unpaired) electrons. The van der Waals surface area contributed by atoms with Gasteiger partial charge in [0.1, 0.15) is 5.82 Å². The van der Waals surface area contributed by atoms with E-state index >= 15 is 0 Å².